The van der Waals surface area contributed by atoms with E-state index in [1.54, 1.807) is 37.3 Å². The van der Waals surface area contributed by atoms with Crippen LogP contribution in [0.3, 0.4) is 0 Å². The van der Waals surface area contributed by atoms with Crippen molar-refractivity contribution in [2.75, 3.05) is 13.7 Å². The van der Waals surface area contributed by atoms with Crippen LogP contribution in [0.25, 0.3) is 0 Å². The fourth-order valence-corrected chi connectivity index (χ4v) is 3.12. The Labute approximate surface area is 152 Å². The van der Waals surface area contributed by atoms with E-state index in [4.69, 9.17) is 21.1 Å². The molecule has 0 aromatic heterocycles. The van der Waals surface area contributed by atoms with Crippen LogP contribution in [0.15, 0.2) is 52.5 Å². The van der Waals surface area contributed by atoms with E-state index in [0.717, 1.165) is 0 Å². The molecule has 6 nitrogen and oxygen atoms in total. The Morgan fingerprint density at radius 2 is 1.88 bits per heavy atom. The molecule has 2 aromatic carbocycles. The van der Waals surface area contributed by atoms with Gasteiger partial charge in [0.25, 0.3) is 10.0 Å². The molecule has 0 aliphatic carbocycles. The van der Waals surface area contributed by atoms with Crippen LogP contribution in [-0.4, -0.2) is 27.8 Å². The fraction of sp³-hybridized carbons (Fsp3) is 0.235. The number of rotatable bonds is 7. The summed E-state index contributed by atoms with van der Waals surface area (Å²) in [5.41, 5.74) is 1.03. The SMILES string of the molecule is CCOc1ccc(S(=O)(=O)N/N=C(/C)c2cc(Cl)ccc2OC)cc1. The van der Waals surface area contributed by atoms with Gasteiger partial charge in [-0.15, -0.1) is 0 Å². The summed E-state index contributed by atoms with van der Waals surface area (Å²) in [7, 11) is -2.27. The molecular formula is C17H19ClN2O4S. The van der Waals surface area contributed by atoms with Crippen molar-refractivity contribution in [2.24, 2.45) is 5.10 Å². The summed E-state index contributed by atoms with van der Waals surface area (Å²) in [6.45, 7) is 4.03. The molecule has 2 rings (SSSR count). The van der Waals surface area contributed by atoms with E-state index in [-0.39, 0.29) is 4.90 Å². The lowest BCUT2D eigenvalue weighted by Gasteiger charge is -2.10. The number of nitrogens with zero attached hydrogens (tertiary/aromatic N) is 1. The standard InChI is InChI=1S/C17H19ClN2O4S/c1-4-24-14-6-8-15(9-7-14)25(21,22)20-19-12(2)16-11-13(18)5-10-17(16)23-3/h5-11,20H,4H2,1-3H3/b19-12-. The Balaban J connectivity index is 2.23. The third kappa shape index (κ3) is 4.87. The number of hydrogen-bond donors (Lipinski definition) is 1. The van der Waals surface area contributed by atoms with Gasteiger partial charge in [-0.1, -0.05) is 11.6 Å². The zero-order valence-corrected chi connectivity index (χ0v) is 15.7. The molecule has 0 saturated carbocycles. The van der Waals surface area contributed by atoms with Crippen LogP contribution in [0.5, 0.6) is 11.5 Å². The monoisotopic (exact) mass is 382 g/mol. The van der Waals surface area contributed by atoms with Crippen molar-refractivity contribution in [3.8, 4) is 11.5 Å². The molecular weight excluding hydrogens is 364 g/mol. The zero-order valence-electron chi connectivity index (χ0n) is 14.1. The van der Waals surface area contributed by atoms with Gasteiger partial charge in [-0.05, 0) is 56.3 Å². The van der Waals surface area contributed by atoms with Crippen LogP contribution in [0.1, 0.15) is 19.4 Å². The first kappa shape index (κ1) is 19.1. The van der Waals surface area contributed by atoms with Crippen LogP contribution in [0.2, 0.25) is 5.02 Å². The number of halogens is 1. The lowest BCUT2D eigenvalue weighted by molar-refractivity contribution is 0.340. The van der Waals surface area contributed by atoms with Crippen LogP contribution >= 0.6 is 11.6 Å². The lowest BCUT2D eigenvalue weighted by Crippen LogP contribution is -2.20. The van der Waals surface area contributed by atoms with Crippen LogP contribution in [-0.2, 0) is 10.0 Å². The topological polar surface area (TPSA) is 77.0 Å². The molecule has 0 saturated heterocycles. The fourth-order valence-electron chi connectivity index (χ4n) is 2.09. The minimum absolute atomic E-state index is 0.0885. The molecule has 0 spiro atoms. The van der Waals surface area contributed by atoms with Gasteiger partial charge in [-0.25, -0.2) is 0 Å². The highest BCUT2D eigenvalue weighted by Crippen LogP contribution is 2.23. The summed E-state index contributed by atoms with van der Waals surface area (Å²) in [5.74, 6) is 1.15. The summed E-state index contributed by atoms with van der Waals surface area (Å²) in [6.07, 6.45) is 0. The summed E-state index contributed by atoms with van der Waals surface area (Å²) in [5, 5.41) is 4.46. The van der Waals surface area contributed by atoms with Gasteiger partial charge in [-0.2, -0.15) is 18.4 Å². The predicted octanol–water partition coefficient (Wildman–Crippen LogP) is 3.45. The summed E-state index contributed by atoms with van der Waals surface area (Å²) in [6, 6.07) is 11.1. The highest BCUT2D eigenvalue weighted by atomic mass is 35.5. The Kier molecular flexibility index (Phi) is 6.27. The molecule has 0 amide bonds. The van der Waals surface area contributed by atoms with Gasteiger partial charge in [0.05, 0.1) is 24.3 Å². The van der Waals surface area contributed by atoms with Crippen molar-refractivity contribution in [2.45, 2.75) is 18.7 Å². The molecule has 0 radical (unpaired) electrons. The smallest absolute Gasteiger partial charge is 0.276 e. The Hall–Kier alpha value is -2.25. The second-order valence-electron chi connectivity index (χ2n) is 5.04. The maximum atomic E-state index is 12.3. The third-order valence-electron chi connectivity index (χ3n) is 3.33. The zero-order chi connectivity index (χ0) is 18.4. The van der Waals surface area contributed by atoms with Gasteiger partial charge in [0.2, 0.25) is 0 Å². The minimum atomic E-state index is -3.79. The summed E-state index contributed by atoms with van der Waals surface area (Å²) < 4.78 is 35.2. The van der Waals surface area contributed by atoms with E-state index in [0.29, 0.717) is 34.4 Å². The van der Waals surface area contributed by atoms with Crippen LogP contribution in [0.4, 0.5) is 0 Å². The highest BCUT2D eigenvalue weighted by molar-refractivity contribution is 7.89. The second kappa shape index (κ2) is 8.22. The van der Waals surface area contributed by atoms with E-state index in [9.17, 15) is 8.42 Å². The van der Waals surface area contributed by atoms with Gasteiger partial charge in [-0.3, -0.25) is 0 Å². The van der Waals surface area contributed by atoms with Crippen LogP contribution < -0.4 is 14.3 Å². The van der Waals surface area contributed by atoms with Gasteiger partial charge >= 0.3 is 0 Å². The second-order valence-corrected chi connectivity index (χ2v) is 7.14. The summed E-state index contributed by atoms with van der Waals surface area (Å²) in [4.78, 5) is 2.30. The molecule has 0 bridgehead atoms. The predicted molar refractivity (Wildman–Crippen MR) is 98.1 cm³/mol. The first-order chi connectivity index (χ1) is 11.9. The number of benzene rings is 2. The molecule has 0 fully saturated rings. The minimum Gasteiger partial charge on any atom is -0.496 e. The van der Waals surface area contributed by atoms with Gasteiger partial charge in [0.1, 0.15) is 11.5 Å². The Bertz CT molecular complexity index is 865. The number of methoxy groups -OCH3 is 1. The molecule has 0 heterocycles. The van der Waals surface area contributed by atoms with Crippen molar-refractivity contribution in [1.82, 2.24) is 4.83 Å². The third-order valence-corrected chi connectivity index (χ3v) is 4.79. The average Bonchev–Trinajstić information content (AvgIpc) is 2.60. The van der Waals surface area contributed by atoms with Gasteiger partial charge in [0.15, 0.2) is 0 Å². The molecule has 2 aromatic rings. The maximum absolute atomic E-state index is 12.3. The van der Waals surface area contributed by atoms with Gasteiger partial charge < -0.3 is 9.47 Å². The van der Waals surface area contributed by atoms with E-state index in [1.165, 1.54) is 19.2 Å². The normalized spacial score (nSPS) is 11.9. The number of hydrazone groups is 1. The lowest BCUT2D eigenvalue weighted by atomic mass is 10.1. The number of hydrogen-bond acceptors (Lipinski definition) is 5. The first-order valence-electron chi connectivity index (χ1n) is 7.50. The average molecular weight is 383 g/mol. The maximum Gasteiger partial charge on any atom is 0.276 e. The van der Waals surface area contributed by atoms with Crippen molar-refractivity contribution < 1.29 is 17.9 Å². The molecule has 1 N–H and O–H groups in total. The number of nitrogens with one attached hydrogen (secondary N) is 1. The Morgan fingerprint density at radius 1 is 1.20 bits per heavy atom. The van der Waals surface area contributed by atoms with Gasteiger partial charge in [0, 0.05) is 10.6 Å². The highest BCUT2D eigenvalue weighted by Gasteiger charge is 2.14. The molecule has 8 heteroatoms. The van der Waals surface area contributed by atoms with E-state index in [1.807, 2.05) is 6.92 Å². The molecule has 0 aliphatic heterocycles. The quantitative estimate of drug-likeness (QED) is 0.587. The van der Waals surface area contributed by atoms with Crippen molar-refractivity contribution in [1.29, 1.82) is 0 Å². The molecule has 0 atom stereocenters. The van der Waals surface area contributed by atoms with Crippen molar-refractivity contribution >= 4 is 27.3 Å². The number of ether oxygens (including phenoxy) is 2. The van der Waals surface area contributed by atoms with E-state index in [2.05, 4.69) is 9.93 Å². The van der Waals surface area contributed by atoms with E-state index < -0.39 is 10.0 Å². The summed E-state index contributed by atoms with van der Waals surface area (Å²) >= 11 is 5.98. The van der Waals surface area contributed by atoms with E-state index >= 15 is 0 Å². The molecule has 134 valence electrons. The molecule has 0 aliphatic rings. The molecule has 0 unspecified atom stereocenters. The molecule has 25 heavy (non-hydrogen) atoms. The van der Waals surface area contributed by atoms with Crippen molar-refractivity contribution in [3.63, 3.8) is 0 Å². The largest absolute Gasteiger partial charge is 0.496 e. The first-order valence-corrected chi connectivity index (χ1v) is 9.36. The Morgan fingerprint density at radius 3 is 2.48 bits per heavy atom. The number of sulfonamides is 1. The van der Waals surface area contributed by atoms with Crippen molar-refractivity contribution in [3.05, 3.63) is 53.1 Å². The van der Waals surface area contributed by atoms with Crippen LogP contribution in [0, 0.1) is 0 Å².